The van der Waals surface area contributed by atoms with Crippen molar-refractivity contribution in [3.63, 3.8) is 0 Å². The monoisotopic (exact) mass is 396 g/mol. The van der Waals surface area contributed by atoms with Crippen molar-refractivity contribution in [1.29, 1.82) is 0 Å². The van der Waals surface area contributed by atoms with Crippen molar-refractivity contribution in [3.05, 3.63) is 90.4 Å². The number of H-pyrrole nitrogens is 1. The maximum absolute atomic E-state index is 9.66. The highest BCUT2D eigenvalue weighted by molar-refractivity contribution is 5.83. The number of rotatable bonds is 5. The lowest BCUT2D eigenvalue weighted by atomic mass is 10.1. The average Bonchev–Trinajstić information content (AvgIpc) is 3.39. The molecule has 0 bridgehead atoms. The first-order valence-corrected chi connectivity index (χ1v) is 9.70. The van der Waals surface area contributed by atoms with E-state index in [0.29, 0.717) is 18.1 Å². The Hall–Kier alpha value is -3.99. The zero-order valence-electron chi connectivity index (χ0n) is 16.4. The number of hydrogen-bond donors (Lipinski definition) is 2. The molecule has 2 N–H and O–H groups in total. The van der Waals surface area contributed by atoms with Crippen LogP contribution in [0.25, 0.3) is 33.5 Å². The molecule has 2 aromatic heterocycles. The van der Waals surface area contributed by atoms with Gasteiger partial charge >= 0.3 is 0 Å². The van der Waals surface area contributed by atoms with Crippen LogP contribution < -0.4 is 4.74 Å². The fourth-order valence-corrected chi connectivity index (χ4v) is 3.63. The van der Waals surface area contributed by atoms with E-state index in [9.17, 15) is 5.11 Å². The molecule has 0 spiro atoms. The Morgan fingerprint density at radius 2 is 1.67 bits per heavy atom. The molecule has 0 amide bonds. The molecule has 0 radical (unpaired) electrons. The fourth-order valence-electron chi connectivity index (χ4n) is 3.63. The van der Waals surface area contributed by atoms with Gasteiger partial charge in [-0.15, -0.1) is 0 Å². The number of ether oxygens (including phenoxy) is 1. The molecule has 0 aliphatic heterocycles. The molecule has 0 fully saturated rings. The minimum atomic E-state index is 0.211. The van der Waals surface area contributed by atoms with Crippen LogP contribution in [0.1, 0.15) is 11.5 Å². The summed E-state index contributed by atoms with van der Waals surface area (Å²) < 4.78 is 11.5. The number of methoxy groups -OCH3 is 1. The van der Waals surface area contributed by atoms with E-state index >= 15 is 0 Å². The van der Waals surface area contributed by atoms with E-state index in [0.717, 1.165) is 39.0 Å². The van der Waals surface area contributed by atoms with Gasteiger partial charge < -0.3 is 19.2 Å². The zero-order chi connectivity index (χ0) is 20.5. The maximum atomic E-state index is 9.66. The number of phenols is 1. The molecule has 0 aliphatic rings. The Morgan fingerprint density at radius 3 is 2.43 bits per heavy atom. The van der Waals surface area contributed by atoms with Gasteiger partial charge in [0.15, 0.2) is 11.7 Å². The molecule has 0 saturated carbocycles. The standard InChI is InChI=1S/C25H20N2O3/c1-29-20-12-8-16(9-13-20)24-25(17-6-10-19(28)11-7-17)30-23(27-24)14-18-15-26-22-5-3-2-4-21(18)22/h2-13,15,26,28H,14H2,1H3. The lowest BCUT2D eigenvalue weighted by molar-refractivity contribution is 0.415. The number of benzene rings is 3. The van der Waals surface area contributed by atoms with E-state index in [1.165, 1.54) is 0 Å². The van der Waals surface area contributed by atoms with E-state index in [2.05, 4.69) is 17.1 Å². The van der Waals surface area contributed by atoms with Crippen LogP contribution in [0, 0.1) is 0 Å². The first-order chi connectivity index (χ1) is 14.7. The lowest BCUT2D eigenvalue weighted by Crippen LogP contribution is -1.88. The number of aromatic amines is 1. The molecule has 5 aromatic rings. The third-order valence-electron chi connectivity index (χ3n) is 5.18. The molecule has 0 atom stereocenters. The van der Waals surface area contributed by atoms with Crippen LogP contribution in [0.5, 0.6) is 11.5 Å². The Kier molecular flexibility index (Phi) is 4.48. The summed E-state index contributed by atoms with van der Waals surface area (Å²) >= 11 is 0. The number of para-hydroxylation sites is 1. The highest BCUT2D eigenvalue weighted by atomic mass is 16.5. The maximum Gasteiger partial charge on any atom is 0.200 e. The summed E-state index contributed by atoms with van der Waals surface area (Å²) in [6, 6.07) is 22.9. The summed E-state index contributed by atoms with van der Waals surface area (Å²) in [4.78, 5) is 8.13. The van der Waals surface area contributed by atoms with Gasteiger partial charge in [0.1, 0.15) is 17.2 Å². The predicted octanol–water partition coefficient (Wildman–Crippen LogP) is 5.79. The third kappa shape index (κ3) is 3.31. The van der Waals surface area contributed by atoms with Crippen molar-refractivity contribution in [1.82, 2.24) is 9.97 Å². The lowest BCUT2D eigenvalue weighted by Gasteiger charge is -2.03. The Balaban J connectivity index is 1.59. The number of nitrogens with zero attached hydrogens (tertiary/aromatic N) is 1. The van der Waals surface area contributed by atoms with E-state index in [-0.39, 0.29) is 5.75 Å². The second-order valence-electron chi connectivity index (χ2n) is 7.10. The van der Waals surface area contributed by atoms with Gasteiger partial charge in [0.25, 0.3) is 0 Å². The van der Waals surface area contributed by atoms with Crippen molar-refractivity contribution in [2.75, 3.05) is 7.11 Å². The van der Waals surface area contributed by atoms with E-state index in [1.807, 2.05) is 54.7 Å². The summed E-state index contributed by atoms with van der Waals surface area (Å²) in [7, 11) is 1.65. The number of aromatic hydroxyl groups is 1. The van der Waals surface area contributed by atoms with Crippen LogP contribution in [-0.4, -0.2) is 22.2 Å². The summed E-state index contributed by atoms with van der Waals surface area (Å²) in [6.07, 6.45) is 2.58. The second-order valence-corrected chi connectivity index (χ2v) is 7.10. The molecule has 0 saturated heterocycles. The topological polar surface area (TPSA) is 71.3 Å². The van der Waals surface area contributed by atoms with Crippen LogP contribution in [0.2, 0.25) is 0 Å². The first-order valence-electron chi connectivity index (χ1n) is 9.70. The molecular formula is C25H20N2O3. The Morgan fingerprint density at radius 1 is 0.933 bits per heavy atom. The SMILES string of the molecule is COc1ccc(-c2nc(Cc3c[nH]c4ccccc34)oc2-c2ccc(O)cc2)cc1. The zero-order valence-corrected chi connectivity index (χ0v) is 16.4. The van der Waals surface area contributed by atoms with E-state index < -0.39 is 0 Å². The third-order valence-corrected chi connectivity index (χ3v) is 5.18. The number of fused-ring (bicyclic) bond motifs is 1. The quantitative estimate of drug-likeness (QED) is 0.394. The number of phenolic OH excluding ortho intramolecular Hbond substituents is 1. The van der Waals surface area contributed by atoms with Gasteiger partial charge in [-0.05, 0) is 60.2 Å². The molecule has 5 nitrogen and oxygen atoms in total. The molecule has 0 unspecified atom stereocenters. The summed E-state index contributed by atoms with van der Waals surface area (Å²) in [5.41, 5.74) is 4.78. The molecule has 5 heteroatoms. The highest BCUT2D eigenvalue weighted by Crippen LogP contribution is 2.35. The van der Waals surface area contributed by atoms with Crippen LogP contribution in [0.3, 0.4) is 0 Å². The van der Waals surface area contributed by atoms with Crippen LogP contribution in [0.15, 0.2) is 83.4 Å². The van der Waals surface area contributed by atoms with Gasteiger partial charge in [-0.25, -0.2) is 4.98 Å². The number of oxazole rings is 1. The highest BCUT2D eigenvalue weighted by Gasteiger charge is 2.18. The minimum Gasteiger partial charge on any atom is -0.508 e. The molecule has 5 rings (SSSR count). The normalized spacial score (nSPS) is 11.1. The Labute approximate surface area is 173 Å². The molecule has 148 valence electrons. The van der Waals surface area contributed by atoms with Gasteiger partial charge in [0.2, 0.25) is 0 Å². The number of hydrogen-bond acceptors (Lipinski definition) is 4. The largest absolute Gasteiger partial charge is 0.508 e. The molecule has 30 heavy (non-hydrogen) atoms. The summed E-state index contributed by atoms with van der Waals surface area (Å²) in [5.74, 6) is 2.30. The second kappa shape index (κ2) is 7.44. The van der Waals surface area contributed by atoms with Crippen LogP contribution in [0.4, 0.5) is 0 Å². The van der Waals surface area contributed by atoms with E-state index in [1.54, 1.807) is 19.2 Å². The van der Waals surface area contributed by atoms with Gasteiger partial charge in [-0.3, -0.25) is 0 Å². The fraction of sp³-hybridized carbons (Fsp3) is 0.0800. The first kappa shape index (κ1) is 18.1. The van der Waals surface area contributed by atoms with Crippen molar-refractivity contribution in [2.24, 2.45) is 0 Å². The molecule has 3 aromatic carbocycles. The summed E-state index contributed by atoms with van der Waals surface area (Å²) in [6.45, 7) is 0. The molecule has 2 heterocycles. The van der Waals surface area contributed by atoms with Crippen molar-refractivity contribution < 1.29 is 14.3 Å². The van der Waals surface area contributed by atoms with E-state index in [4.69, 9.17) is 14.1 Å². The van der Waals surface area contributed by atoms with Crippen LogP contribution in [-0.2, 0) is 6.42 Å². The predicted molar refractivity (Wildman–Crippen MR) is 117 cm³/mol. The van der Waals surface area contributed by atoms with Crippen molar-refractivity contribution in [3.8, 4) is 34.1 Å². The van der Waals surface area contributed by atoms with Crippen molar-refractivity contribution in [2.45, 2.75) is 6.42 Å². The van der Waals surface area contributed by atoms with Crippen LogP contribution >= 0.6 is 0 Å². The van der Waals surface area contributed by atoms with Gasteiger partial charge in [0.05, 0.1) is 13.5 Å². The van der Waals surface area contributed by atoms with Crippen molar-refractivity contribution >= 4 is 10.9 Å². The van der Waals surface area contributed by atoms with Gasteiger partial charge in [-0.2, -0.15) is 0 Å². The molecular weight excluding hydrogens is 376 g/mol. The number of aromatic nitrogens is 2. The molecule has 0 aliphatic carbocycles. The number of nitrogens with one attached hydrogen (secondary N) is 1. The average molecular weight is 396 g/mol. The van der Waals surface area contributed by atoms with Gasteiger partial charge in [0, 0.05) is 28.2 Å². The smallest absolute Gasteiger partial charge is 0.200 e. The summed E-state index contributed by atoms with van der Waals surface area (Å²) in [5, 5.41) is 10.8. The van der Waals surface area contributed by atoms with Gasteiger partial charge in [-0.1, -0.05) is 18.2 Å². The Bertz CT molecular complexity index is 1300. The minimum absolute atomic E-state index is 0.211.